The van der Waals surface area contributed by atoms with Gasteiger partial charge in [0.25, 0.3) is 0 Å². The molecule has 18 heavy (non-hydrogen) atoms. The molecule has 1 atom stereocenters. The first-order valence-corrected chi connectivity index (χ1v) is 6.10. The molecule has 0 spiro atoms. The second-order valence-electron chi connectivity index (χ2n) is 4.69. The molecule has 0 radical (unpaired) electrons. The third kappa shape index (κ3) is 1.97. The Kier molecular flexibility index (Phi) is 2.76. The number of para-hydroxylation sites is 1. The standard InChI is InChI=1S/C13H15N3O2/c14-9-5-6-16(8-9)13(17)7-11-10-3-1-2-4-12(10)18-15-11/h1-4,9H,5-8,14H2/t9-/m0/s1. The molecule has 1 aliphatic rings. The number of amides is 1. The van der Waals surface area contributed by atoms with Crippen molar-refractivity contribution in [2.24, 2.45) is 5.73 Å². The first-order chi connectivity index (χ1) is 8.74. The SMILES string of the molecule is N[C@H]1CCN(C(=O)Cc2noc3ccccc23)C1. The summed E-state index contributed by atoms with van der Waals surface area (Å²) in [7, 11) is 0. The van der Waals surface area contributed by atoms with Gasteiger partial charge in [0.1, 0.15) is 5.69 Å². The Labute approximate surface area is 105 Å². The van der Waals surface area contributed by atoms with Crippen molar-refractivity contribution in [3.63, 3.8) is 0 Å². The van der Waals surface area contributed by atoms with E-state index in [9.17, 15) is 4.79 Å². The Bertz CT molecular complexity index is 578. The van der Waals surface area contributed by atoms with Crippen LogP contribution in [0, 0.1) is 0 Å². The Morgan fingerprint density at radius 3 is 3.11 bits per heavy atom. The van der Waals surface area contributed by atoms with E-state index in [2.05, 4.69) is 5.16 Å². The maximum absolute atomic E-state index is 12.1. The molecule has 0 saturated carbocycles. The fraction of sp³-hybridized carbons (Fsp3) is 0.385. The summed E-state index contributed by atoms with van der Waals surface area (Å²) >= 11 is 0. The van der Waals surface area contributed by atoms with Gasteiger partial charge in [-0.2, -0.15) is 0 Å². The van der Waals surface area contributed by atoms with Gasteiger partial charge in [0.05, 0.1) is 6.42 Å². The number of nitrogens with zero attached hydrogens (tertiary/aromatic N) is 2. The minimum atomic E-state index is 0.0713. The fourth-order valence-corrected chi connectivity index (χ4v) is 2.33. The lowest BCUT2D eigenvalue weighted by Crippen LogP contribution is -2.33. The van der Waals surface area contributed by atoms with E-state index in [-0.39, 0.29) is 18.4 Å². The smallest absolute Gasteiger partial charge is 0.228 e. The summed E-state index contributed by atoms with van der Waals surface area (Å²) in [6, 6.07) is 7.69. The van der Waals surface area contributed by atoms with E-state index >= 15 is 0 Å². The van der Waals surface area contributed by atoms with Gasteiger partial charge in [-0.1, -0.05) is 17.3 Å². The summed E-state index contributed by atoms with van der Waals surface area (Å²) < 4.78 is 5.19. The van der Waals surface area contributed by atoms with Crippen LogP contribution in [0.4, 0.5) is 0 Å². The zero-order valence-corrected chi connectivity index (χ0v) is 10.0. The predicted octanol–water partition coefficient (Wildman–Crippen LogP) is 0.930. The van der Waals surface area contributed by atoms with Crippen LogP contribution in [0.3, 0.4) is 0 Å². The van der Waals surface area contributed by atoms with Gasteiger partial charge >= 0.3 is 0 Å². The average molecular weight is 245 g/mol. The van der Waals surface area contributed by atoms with Crippen molar-refractivity contribution in [1.29, 1.82) is 0 Å². The number of benzene rings is 1. The minimum absolute atomic E-state index is 0.0713. The monoisotopic (exact) mass is 245 g/mol. The summed E-state index contributed by atoms with van der Waals surface area (Å²) in [6.07, 6.45) is 1.16. The van der Waals surface area contributed by atoms with E-state index in [1.807, 2.05) is 24.3 Å². The largest absolute Gasteiger partial charge is 0.356 e. The molecule has 94 valence electrons. The summed E-state index contributed by atoms with van der Waals surface area (Å²) in [5, 5.41) is 4.88. The third-order valence-electron chi connectivity index (χ3n) is 3.35. The molecule has 1 fully saturated rings. The summed E-state index contributed by atoms with van der Waals surface area (Å²) in [5.74, 6) is 0.0713. The van der Waals surface area contributed by atoms with E-state index in [0.717, 1.165) is 23.9 Å². The predicted molar refractivity (Wildman–Crippen MR) is 66.9 cm³/mol. The Hall–Kier alpha value is -1.88. The van der Waals surface area contributed by atoms with Gasteiger partial charge < -0.3 is 15.2 Å². The maximum atomic E-state index is 12.1. The Morgan fingerprint density at radius 1 is 1.50 bits per heavy atom. The summed E-state index contributed by atoms with van der Waals surface area (Å²) in [5.41, 5.74) is 7.22. The number of rotatable bonds is 2. The lowest BCUT2D eigenvalue weighted by molar-refractivity contribution is -0.129. The van der Waals surface area contributed by atoms with E-state index < -0.39 is 0 Å². The van der Waals surface area contributed by atoms with E-state index in [4.69, 9.17) is 10.3 Å². The van der Waals surface area contributed by atoms with Crippen LogP contribution in [0.2, 0.25) is 0 Å². The first-order valence-electron chi connectivity index (χ1n) is 6.10. The lowest BCUT2D eigenvalue weighted by Gasteiger charge is -2.14. The van der Waals surface area contributed by atoms with Crippen LogP contribution >= 0.6 is 0 Å². The van der Waals surface area contributed by atoms with Gasteiger partial charge in [0.2, 0.25) is 5.91 Å². The van der Waals surface area contributed by atoms with Crippen molar-refractivity contribution in [2.75, 3.05) is 13.1 Å². The Balaban J connectivity index is 1.78. The topological polar surface area (TPSA) is 72.4 Å². The van der Waals surface area contributed by atoms with Crippen LogP contribution < -0.4 is 5.73 Å². The zero-order valence-electron chi connectivity index (χ0n) is 10.0. The number of hydrogen-bond acceptors (Lipinski definition) is 4. The van der Waals surface area contributed by atoms with Crippen molar-refractivity contribution in [2.45, 2.75) is 18.9 Å². The van der Waals surface area contributed by atoms with Gasteiger partial charge in [-0.15, -0.1) is 0 Å². The molecule has 2 aromatic rings. The summed E-state index contributed by atoms with van der Waals surface area (Å²) in [6.45, 7) is 1.39. The van der Waals surface area contributed by atoms with Gasteiger partial charge in [-0.05, 0) is 18.6 Å². The normalized spacial score (nSPS) is 19.6. The molecule has 1 aliphatic heterocycles. The van der Waals surface area contributed by atoms with Crippen molar-refractivity contribution < 1.29 is 9.32 Å². The lowest BCUT2D eigenvalue weighted by atomic mass is 10.1. The van der Waals surface area contributed by atoms with Crippen LogP contribution in [0.1, 0.15) is 12.1 Å². The van der Waals surface area contributed by atoms with Crippen LogP contribution in [0.25, 0.3) is 11.0 Å². The first kappa shape index (κ1) is 11.2. The average Bonchev–Trinajstić information content (AvgIpc) is 2.97. The van der Waals surface area contributed by atoms with Crippen LogP contribution in [0.15, 0.2) is 28.8 Å². The molecule has 1 aromatic carbocycles. The molecule has 5 heteroatoms. The molecule has 3 rings (SSSR count). The van der Waals surface area contributed by atoms with Crippen molar-refractivity contribution in [3.8, 4) is 0 Å². The van der Waals surface area contributed by atoms with Crippen LogP contribution in [-0.4, -0.2) is 35.1 Å². The van der Waals surface area contributed by atoms with Crippen molar-refractivity contribution >= 4 is 16.9 Å². The number of aromatic nitrogens is 1. The number of hydrogen-bond donors (Lipinski definition) is 1. The highest BCUT2D eigenvalue weighted by Gasteiger charge is 2.24. The van der Waals surface area contributed by atoms with Gasteiger partial charge in [0, 0.05) is 24.5 Å². The molecule has 1 aromatic heterocycles. The van der Waals surface area contributed by atoms with E-state index in [1.165, 1.54) is 0 Å². The maximum Gasteiger partial charge on any atom is 0.228 e. The van der Waals surface area contributed by atoms with E-state index in [0.29, 0.717) is 12.2 Å². The second-order valence-corrected chi connectivity index (χ2v) is 4.69. The van der Waals surface area contributed by atoms with Crippen LogP contribution in [0.5, 0.6) is 0 Å². The third-order valence-corrected chi connectivity index (χ3v) is 3.35. The molecular formula is C13H15N3O2. The molecule has 2 N–H and O–H groups in total. The molecule has 1 amide bonds. The van der Waals surface area contributed by atoms with Crippen molar-refractivity contribution in [3.05, 3.63) is 30.0 Å². The number of carbonyl (C=O) groups is 1. The number of nitrogens with two attached hydrogens (primary N) is 1. The number of likely N-dealkylation sites (tertiary alicyclic amines) is 1. The second kappa shape index (κ2) is 4.42. The number of carbonyl (C=O) groups excluding carboxylic acids is 1. The summed E-state index contributed by atoms with van der Waals surface area (Å²) in [4.78, 5) is 13.9. The minimum Gasteiger partial charge on any atom is -0.356 e. The fourth-order valence-electron chi connectivity index (χ4n) is 2.33. The highest BCUT2D eigenvalue weighted by Crippen LogP contribution is 2.19. The zero-order chi connectivity index (χ0) is 12.5. The van der Waals surface area contributed by atoms with E-state index in [1.54, 1.807) is 4.90 Å². The van der Waals surface area contributed by atoms with Gasteiger partial charge in [0.15, 0.2) is 5.58 Å². The van der Waals surface area contributed by atoms with Gasteiger partial charge in [-0.3, -0.25) is 4.79 Å². The molecule has 2 heterocycles. The molecule has 0 aliphatic carbocycles. The highest BCUT2D eigenvalue weighted by molar-refractivity contribution is 5.86. The molecular weight excluding hydrogens is 230 g/mol. The molecule has 0 bridgehead atoms. The van der Waals surface area contributed by atoms with Crippen molar-refractivity contribution in [1.82, 2.24) is 10.1 Å². The molecule has 0 unspecified atom stereocenters. The number of fused-ring (bicyclic) bond motifs is 1. The highest BCUT2D eigenvalue weighted by atomic mass is 16.5. The van der Waals surface area contributed by atoms with Crippen LogP contribution in [-0.2, 0) is 11.2 Å². The molecule has 5 nitrogen and oxygen atoms in total. The van der Waals surface area contributed by atoms with Gasteiger partial charge in [-0.25, -0.2) is 0 Å². The quantitative estimate of drug-likeness (QED) is 0.854. The Morgan fingerprint density at radius 2 is 2.33 bits per heavy atom. The molecule has 1 saturated heterocycles.